The highest BCUT2D eigenvalue weighted by Crippen LogP contribution is 2.25. The Kier molecular flexibility index (Phi) is 10.2. The number of carbonyl (C=O) groups is 2. The van der Waals surface area contributed by atoms with Crippen molar-refractivity contribution in [3.63, 3.8) is 0 Å². The number of nitrogens with one attached hydrogen (secondary N) is 1. The summed E-state index contributed by atoms with van der Waals surface area (Å²) in [6.45, 7) is 4.99. The van der Waals surface area contributed by atoms with E-state index in [0.29, 0.717) is 21.3 Å². The Bertz CT molecular complexity index is 1130. The Morgan fingerprint density at radius 1 is 1.06 bits per heavy atom. The monoisotopic (exact) mass is 591 g/mol. The summed E-state index contributed by atoms with van der Waals surface area (Å²) >= 11 is 15.5. The number of carbonyl (C=O) groups excluding carboxylic acids is 2. The number of nitrogens with zero attached hydrogens (tertiary/aromatic N) is 2. The molecule has 0 saturated carbocycles. The molecule has 0 spiro atoms. The van der Waals surface area contributed by atoms with Crippen LogP contribution in [0.15, 0.2) is 46.9 Å². The zero-order chi connectivity index (χ0) is 25.6. The second-order valence-corrected chi connectivity index (χ2v) is 11.6. The van der Waals surface area contributed by atoms with Crippen LogP contribution in [-0.2, 0) is 26.2 Å². The summed E-state index contributed by atoms with van der Waals surface area (Å²) in [5.74, 6) is -0.872. The van der Waals surface area contributed by atoms with Crippen LogP contribution >= 0.6 is 39.1 Å². The van der Waals surface area contributed by atoms with Gasteiger partial charge in [-0.1, -0.05) is 52.1 Å². The zero-order valence-electron chi connectivity index (χ0n) is 19.4. The number of hydrogen-bond donors (Lipinski definition) is 1. The average Bonchev–Trinajstić information content (AvgIpc) is 2.77. The lowest BCUT2D eigenvalue weighted by molar-refractivity contribution is -0.139. The minimum absolute atomic E-state index is 0.0444. The summed E-state index contributed by atoms with van der Waals surface area (Å²) in [6, 6.07) is 10.6. The van der Waals surface area contributed by atoms with Crippen molar-refractivity contribution < 1.29 is 18.0 Å². The largest absolute Gasteiger partial charge is 0.352 e. The molecule has 2 aromatic rings. The third-order valence-corrected chi connectivity index (χ3v) is 7.71. The SMILES string of the molecule is CC[C@H](C)NC(=O)[C@@H](C)N(Cc1ccc(Cl)c(Cl)c1)C(=O)CN(c1ccc(Br)cc1)S(C)(=O)=O. The fraction of sp³-hybridized carbons (Fsp3) is 0.391. The summed E-state index contributed by atoms with van der Waals surface area (Å²) in [6.07, 6.45) is 1.76. The van der Waals surface area contributed by atoms with Gasteiger partial charge in [0, 0.05) is 17.1 Å². The number of anilines is 1. The lowest BCUT2D eigenvalue weighted by atomic mass is 10.1. The average molecular weight is 593 g/mol. The normalized spacial score (nSPS) is 13.1. The lowest BCUT2D eigenvalue weighted by Gasteiger charge is -2.32. The number of amides is 2. The molecule has 0 unspecified atom stereocenters. The molecule has 0 aliphatic rings. The van der Waals surface area contributed by atoms with Crippen molar-refractivity contribution in [3.05, 3.63) is 62.5 Å². The first-order chi connectivity index (χ1) is 15.8. The van der Waals surface area contributed by atoms with E-state index in [0.717, 1.165) is 21.5 Å². The molecule has 0 heterocycles. The van der Waals surface area contributed by atoms with Crippen LogP contribution in [0.25, 0.3) is 0 Å². The van der Waals surface area contributed by atoms with Gasteiger partial charge in [-0.15, -0.1) is 0 Å². The number of halogens is 3. The fourth-order valence-electron chi connectivity index (χ4n) is 3.10. The third kappa shape index (κ3) is 7.86. The summed E-state index contributed by atoms with van der Waals surface area (Å²) < 4.78 is 26.9. The topological polar surface area (TPSA) is 86.8 Å². The van der Waals surface area contributed by atoms with Crippen molar-refractivity contribution in [2.45, 2.75) is 45.8 Å². The van der Waals surface area contributed by atoms with Crippen molar-refractivity contribution in [1.82, 2.24) is 10.2 Å². The highest BCUT2D eigenvalue weighted by molar-refractivity contribution is 9.10. The van der Waals surface area contributed by atoms with E-state index in [1.165, 1.54) is 4.90 Å². The predicted octanol–water partition coefficient (Wildman–Crippen LogP) is 4.85. The van der Waals surface area contributed by atoms with Crippen LogP contribution in [0.1, 0.15) is 32.8 Å². The van der Waals surface area contributed by atoms with Gasteiger partial charge in [-0.25, -0.2) is 8.42 Å². The Morgan fingerprint density at radius 3 is 2.21 bits per heavy atom. The lowest BCUT2D eigenvalue weighted by Crippen LogP contribution is -2.52. The van der Waals surface area contributed by atoms with Gasteiger partial charge in [0.1, 0.15) is 12.6 Å². The van der Waals surface area contributed by atoms with E-state index >= 15 is 0 Å². The molecule has 34 heavy (non-hydrogen) atoms. The van der Waals surface area contributed by atoms with E-state index in [1.807, 2.05) is 13.8 Å². The number of benzene rings is 2. The van der Waals surface area contributed by atoms with Gasteiger partial charge in [-0.05, 0) is 62.2 Å². The van der Waals surface area contributed by atoms with Gasteiger partial charge in [-0.2, -0.15) is 0 Å². The first-order valence-corrected chi connectivity index (χ1v) is 14.0. The predicted molar refractivity (Wildman–Crippen MR) is 141 cm³/mol. The molecule has 0 fully saturated rings. The van der Waals surface area contributed by atoms with Crippen LogP contribution in [0, 0.1) is 0 Å². The molecule has 2 rings (SSSR count). The smallest absolute Gasteiger partial charge is 0.244 e. The first kappa shape index (κ1) is 28.4. The van der Waals surface area contributed by atoms with Crippen LogP contribution in [0.5, 0.6) is 0 Å². The van der Waals surface area contributed by atoms with Crippen molar-refractivity contribution in [2.75, 3.05) is 17.1 Å². The summed E-state index contributed by atoms with van der Waals surface area (Å²) in [4.78, 5) is 27.7. The second-order valence-electron chi connectivity index (χ2n) is 8.01. The Labute approximate surface area is 219 Å². The molecule has 1 N–H and O–H groups in total. The molecule has 2 aromatic carbocycles. The van der Waals surface area contributed by atoms with E-state index < -0.39 is 28.5 Å². The minimum Gasteiger partial charge on any atom is -0.352 e. The van der Waals surface area contributed by atoms with Crippen LogP contribution in [-0.4, -0.2) is 50.0 Å². The van der Waals surface area contributed by atoms with Crippen molar-refractivity contribution in [3.8, 4) is 0 Å². The van der Waals surface area contributed by atoms with Gasteiger partial charge in [-0.3, -0.25) is 13.9 Å². The summed E-state index contributed by atoms with van der Waals surface area (Å²) in [7, 11) is -3.78. The summed E-state index contributed by atoms with van der Waals surface area (Å²) in [5, 5.41) is 3.56. The molecule has 0 aliphatic carbocycles. The molecular weight excluding hydrogens is 565 g/mol. The molecule has 0 radical (unpaired) electrons. The van der Waals surface area contributed by atoms with Crippen LogP contribution in [0.2, 0.25) is 10.0 Å². The van der Waals surface area contributed by atoms with Crippen LogP contribution < -0.4 is 9.62 Å². The summed E-state index contributed by atoms with van der Waals surface area (Å²) in [5.41, 5.74) is 0.991. The second kappa shape index (κ2) is 12.2. The molecule has 186 valence electrons. The van der Waals surface area contributed by atoms with E-state index in [1.54, 1.807) is 49.4 Å². The molecule has 7 nitrogen and oxygen atoms in total. The van der Waals surface area contributed by atoms with E-state index in [4.69, 9.17) is 23.2 Å². The number of hydrogen-bond acceptors (Lipinski definition) is 4. The maximum absolute atomic E-state index is 13.5. The molecular formula is C23H28BrCl2N3O4S. The minimum atomic E-state index is -3.78. The number of rotatable bonds is 10. The molecule has 0 aromatic heterocycles. The van der Waals surface area contributed by atoms with E-state index in [-0.39, 0.29) is 18.5 Å². The van der Waals surface area contributed by atoms with Crippen molar-refractivity contribution in [1.29, 1.82) is 0 Å². The standard InChI is InChI=1S/C23H28BrCl2N3O4S/c1-5-15(2)27-23(31)16(3)28(13-17-6-11-20(25)21(26)12-17)22(30)14-29(34(4,32)33)19-9-7-18(24)8-10-19/h6-12,15-16H,5,13-14H2,1-4H3,(H,27,31)/t15-,16+/m0/s1. The highest BCUT2D eigenvalue weighted by Gasteiger charge is 2.30. The highest BCUT2D eigenvalue weighted by atomic mass is 79.9. The maximum atomic E-state index is 13.5. The Morgan fingerprint density at radius 2 is 1.68 bits per heavy atom. The molecule has 0 bridgehead atoms. The van der Waals surface area contributed by atoms with Gasteiger partial charge < -0.3 is 10.2 Å². The van der Waals surface area contributed by atoms with Gasteiger partial charge in [0.2, 0.25) is 21.8 Å². The van der Waals surface area contributed by atoms with Gasteiger partial charge in [0.05, 0.1) is 22.0 Å². The first-order valence-electron chi connectivity index (χ1n) is 10.6. The fourth-order valence-corrected chi connectivity index (χ4v) is 4.54. The zero-order valence-corrected chi connectivity index (χ0v) is 23.3. The molecule has 2 amide bonds. The van der Waals surface area contributed by atoms with E-state index in [9.17, 15) is 18.0 Å². The molecule has 11 heteroatoms. The van der Waals surface area contributed by atoms with E-state index in [2.05, 4.69) is 21.2 Å². The number of sulfonamides is 1. The van der Waals surface area contributed by atoms with Gasteiger partial charge >= 0.3 is 0 Å². The quantitative estimate of drug-likeness (QED) is 0.427. The van der Waals surface area contributed by atoms with Gasteiger partial charge in [0.15, 0.2) is 0 Å². The maximum Gasteiger partial charge on any atom is 0.244 e. The van der Waals surface area contributed by atoms with Gasteiger partial charge in [0.25, 0.3) is 0 Å². The van der Waals surface area contributed by atoms with Crippen molar-refractivity contribution in [2.24, 2.45) is 0 Å². The Hall–Kier alpha value is -1.81. The molecule has 0 aliphatic heterocycles. The molecule has 0 saturated heterocycles. The Balaban J connectivity index is 2.40. The third-order valence-electron chi connectivity index (χ3n) is 5.30. The van der Waals surface area contributed by atoms with Crippen molar-refractivity contribution >= 4 is 66.7 Å². The molecule has 2 atom stereocenters. The van der Waals surface area contributed by atoms with Crippen LogP contribution in [0.4, 0.5) is 5.69 Å². The van der Waals surface area contributed by atoms with Crippen LogP contribution in [0.3, 0.4) is 0 Å².